The molecule has 0 aliphatic heterocycles. The largest absolute Gasteiger partial charge is 0.459 e. The second-order valence-electron chi connectivity index (χ2n) is 3.97. The summed E-state index contributed by atoms with van der Waals surface area (Å²) in [5.74, 6) is 1.04. The molecule has 0 spiro atoms. The van der Waals surface area contributed by atoms with E-state index in [2.05, 4.69) is 15.5 Å². The number of rotatable bonds is 5. The van der Waals surface area contributed by atoms with Gasteiger partial charge in [-0.25, -0.2) is 0 Å². The number of nitrogens with one attached hydrogen (secondary N) is 1. The topological polar surface area (TPSA) is 73.0 Å². The Hall–Kier alpha value is -2.11. The average Bonchev–Trinajstić information content (AvgIpc) is 2.97. The lowest BCUT2D eigenvalue weighted by Gasteiger charge is -2.04. The van der Waals surface area contributed by atoms with Crippen molar-refractivity contribution in [3.63, 3.8) is 0 Å². The van der Waals surface area contributed by atoms with Crippen molar-refractivity contribution in [2.24, 2.45) is 0 Å². The van der Waals surface area contributed by atoms with Crippen LogP contribution in [-0.2, 0) is 13.0 Å². The molecule has 0 fully saturated rings. The molecule has 0 saturated heterocycles. The number of nitrogens with zero attached hydrogens (tertiary/aromatic N) is 3. The van der Waals surface area contributed by atoms with E-state index in [4.69, 9.17) is 4.42 Å². The summed E-state index contributed by atoms with van der Waals surface area (Å²) in [6.07, 6.45) is 3.85. The quantitative estimate of drug-likeness (QED) is 0.862. The number of carbonyl (C=O) groups is 1. The van der Waals surface area contributed by atoms with Crippen LogP contribution < -0.4 is 5.32 Å². The van der Waals surface area contributed by atoms with E-state index in [0.29, 0.717) is 18.7 Å². The molecule has 0 bridgehead atoms. The normalized spacial score (nSPS) is 10.6. The molecule has 0 saturated carbocycles. The SMILES string of the molecule is CCn1cnnc1CCNC(=O)c1occc1C. The van der Waals surface area contributed by atoms with Crippen molar-refractivity contribution in [3.05, 3.63) is 35.8 Å². The van der Waals surface area contributed by atoms with Crippen molar-refractivity contribution in [1.82, 2.24) is 20.1 Å². The molecule has 0 unspecified atom stereocenters. The minimum Gasteiger partial charge on any atom is -0.459 e. The standard InChI is InChI=1S/C12H16N4O2/c1-3-16-8-14-15-10(16)4-6-13-12(17)11-9(2)5-7-18-11/h5,7-8H,3-4,6H2,1-2H3,(H,13,17). The molecule has 0 aromatic carbocycles. The molecule has 2 aromatic heterocycles. The fourth-order valence-electron chi connectivity index (χ4n) is 1.71. The first-order chi connectivity index (χ1) is 8.72. The third-order valence-corrected chi connectivity index (χ3v) is 2.74. The van der Waals surface area contributed by atoms with Crippen LogP contribution in [0.15, 0.2) is 23.1 Å². The molecule has 6 heteroatoms. The van der Waals surface area contributed by atoms with E-state index < -0.39 is 0 Å². The fourth-order valence-corrected chi connectivity index (χ4v) is 1.71. The Morgan fingerprint density at radius 2 is 2.39 bits per heavy atom. The number of hydrogen-bond acceptors (Lipinski definition) is 4. The van der Waals surface area contributed by atoms with Crippen LogP contribution in [0.2, 0.25) is 0 Å². The summed E-state index contributed by atoms with van der Waals surface area (Å²) >= 11 is 0. The zero-order valence-electron chi connectivity index (χ0n) is 10.5. The van der Waals surface area contributed by atoms with Gasteiger partial charge in [0, 0.05) is 25.1 Å². The second kappa shape index (κ2) is 5.48. The Bertz CT molecular complexity index is 530. The zero-order chi connectivity index (χ0) is 13.0. The summed E-state index contributed by atoms with van der Waals surface area (Å²) in [6, 6.07) is 1.77. The van der Waals surface area contributed by atoms with Gasteiger partial charge in [0.25, 0.3) is 5.91 Å². The van der Waals surface area contributed by atoms with Gasteiger partial charge in [-0.3, -0.25) is 4.79 Å². The van der Waals surface area contributed by atoms with E-state index in [1.807, 2.05) is 18.4 Å². The summed E-state index contributed by atoms with van der Waals surface area (Å²) in [4.78, 5) is 11.8. The second-order valence-corrected chi connectivity index (χ2v) is 3.97. The Kier molecular flexibility index (Phi) is 3.76. The minimum absolute atomic E-state index is 0.194. The molecule has 0 aliphatic carbocycles. The maximum atomic E-state index is 11.8. The number of furan rings is 1. The maximum absolute atomic E-state index is 11.8. The predicted octanol–water partition coefficient (Wildman–Crippen LogP) is 1.17. The van der Waals surface area contributed by atoms with E-state index >= 15 is 0 Å². The summed E-state index contributed by atoms with van der Waals surface area (Å²) in [5.41, 5.74) is 0.837. The van der Waals surface area contributed by atoms with Crippen LogP contribution in [0.3, 0.4) is 0 Å². The monoisotopic (exact) mass is 248 g/mol. The summed E-state index contributed by atoms with van der Waals surface area (Å²) < 4.78 is 7.06. The number of aryl methyl sites for hydroxylation is 2. The average molecular weight is 248 g/mol. The maximum Gasteiger partial charge on any atom is 0.287 e. The Balaban J connectivity index is 1.86. The number of aromatic nitrogens is 3. The van der Waals surface area contributed by atoms with Crippen LogP contribution in [0.4, 0.5) is 0 Å². The van der Waals surface area contributed by atoms with Crippen LogP contribution in [0, 0.1) is 6.92 Å². The summed E-state index contributed by atoms with van der Waals surface area (Å²) in [6.45, 7) is 5.20. The number of hydrogen-bond donors (Lipinski definition) is 1. The van der Waals surface area contributed by atoms with Crippen molar-refractivity contribution < 1.29 is 9.21 Å². The van der Waals surface area contributed by atoms with Gasteiger partial charge in [0.05, 0.1) is 6.26 Å². The predicted molar refractivity (Wildman–Crippen MR) is 65.2 cm³/mol. The van der Waals surface area contributed by atoms with Crippen molar-refractivity contribution in [1.29, 1.82) is 0 Å². The molecule has 2 heterocycles. The Labute approximate surface area is 105 Å². The molecule has 1 amide bonds. The zero-order valence-corrected chi connectivity index (χ0v) is 10.5. The van der Waals surface area contributed by atoms with Gasteiger partial charge in [0.2, 0.25) is 0 Å². The van der Waals surface area contributed by atoms with Crippen LogP contribution in [0.25, 0.3) is 0 Å². The smallest absolute Gasteiger partial charge is 0.287 e. The van der Waals surface area contributed by atoms with Gasteiger partial charge in [-0.15, -0.1) is 10.2 Å². The van der Waals surface area contributed by atoms with Gasteiger partial charge in [0.1, 0.15) is 12.2 Å². The molecule has 2 rings (SSSR count). The van der Waals surface area contributed by atoms with Crippen LogP contribution in [0.1, 0.15) is 28.9 Å². The molecule has 0 radical (unpaired) electrons. The first-order valence-corrected chi connectivity index (χ1v) is 5.91. The van der Waals surface area contributed by atoms with Crippen LogP contribution in [-0.4, -0.2) is 27.2 Å². The molecule has 18 heavy (non-hydrogen) atoms. The van der Waals surface area contributed by atoms with Crippen molar-refractivity contribution in [2.75, 3.05) is 6.54 Å². The highest BCUT2D eigenvalue weighted by atomic mass is 16.3. The lowest BCUT2D eigenvalue weighted by Crippen LogP contribution is -2.26. The highest BCUT2D eigenvalue weighted by Gasteiger charge is 2.12. The molecule has 96 valence electrons. The Morgan fingerprint density at radius 1 is 1.56 bits per heavy atom. The summed E-state index contributed by atoms with van der Waals surface area (Å²) in [5, 5.41) is 10.6. The molecule has 0 atom stereocenters. The first-order valence-electron chi connectivity index (χ1n) is 5.91. The molecule has 0 aliphatic rings. The van der Waals surface area contributed by atoms with Gasteiger partial charge in [-0.05, 0) is 19.9 Å². The highest BCUT2D eigenvalue weighted by Crippen LogP contribution is 2.08. The van der Waals surface area contributed by atoms with Gasteiger partial charge in [-0.2, -0.15) is 0 Å². The van der Waals surface area contributed by atoms with E-state index in [1.54, 1.807) is 12.4 Å². The van der Waals surface area contributed by atoms with E-state index in [1.165, 1.54) is 6.26 Å². The molecule has 2 aromatic rings. The molecular weight excluding hydrogens is 232 g/mol. The number of carbonyl (C=O) groups excluding carboxylic acids is 1. The lowest BCUT2D eigenvalue weighted by molar-refractivity contribution is 0.0925. The van der Waals surface area contributed by atoms with Crippen molar-refractivity contribution in [3.8, 4) is 0 Å². The highest BCUT2D eigenvalue weighted by molar-refractivity contribution is 5.92. The first kappa shape index (κ1) is 12.3. The van der Waals surface area contributed by atoms with E-state index in [9.17, 15) is 4.79 Å². The molecule has 1 N–H and O–H groups in total. The number of amides is 1. The molecule has 6 nitrogen and oxygen atoms in total. The Morgan fingerprint density at radius 3 is 3.06 bits per heavy atom. The van der Waals surface area contributed by atoms with Gasteiger partial charge in [0.15, 0.2) is 5.76 Å². The van der Waals surface area contributed by atoms with Crippen molar-refractivity contribution in [2.45, 2.75) is 26.8 Å². The fraction of sp³-hybridized carbons (Fsp3) is 0.417. The third kappa shape index (κ3) is 2.58. The third-order valence-electron chi connectivity index (χ3n) is 2.74. The lowest BCUT2D eigenvalue weighted by atomic mass is 10.2. The van der Waals surface area contributed by atoms with Crippen LogP contribution in [0.5, 0.6) is 0 Å². The minimum atomic E-state index is -0.194. The van der Waals surface area contributed by atoms with E-state index in [-0.39, 0.29) is 5.91 Å². The van der Waals surface area contributed by atoms with Gasteiger partial charge < -0.3 is 14.3 Å². The van der Waals surface area contributed by atoms with E-state index in [0.717, 1.165) is 17.9 Å². The van der Waals surface area contributed by atoms with Gasteiger partial charge in [-0.1, -0.05) is 0 Å². The van der Waals surface area contributed by atoms with Gasteiger partial charge >= 0.3 is 0 Å². The van der Waals surface area contributed by atoms with Crippen molar-refractivity contribution >= 4 is 5.91 Å². The van der Waals surface area contributed by atoms with Crippen LogP contribution >= 0.6 is 0 Å². The summed E-state index contributed by atoms with van der Waals surface area (Å²) in [7, 11) is 0. The molecular formula is C12H16N4O2.